The van der Waals surface area contributed by atoms with E-state index in [1.165, 1.54) is 6.42 Å². The van der Waals surface area contributed by atoms with Crippen LogP contribution in [0.3, 0.4) is 0 Å². The minimum absolute atomic E-state index is 0.172. The molecule has 0 bridgehead atoms. The van der Waals surface area contributed by atoms with Gasteiger partial charge in [-0.3, -0.25) is 5.32 Å². The Morgan fingerprint density at radius 3 is 2.74 bits per heavy atom. The van der Waals surface area contributed by atoms with Crippen LogP contribution in [0.25, 0.3) is 0 Å². The highest BCUT2D eigenvalue weighted by atomic mass is 15.3. The summed E-state index contributed by atoms with van der Waals surface area (Å²) in [6.07, 6.45) is 6.02. The van der Waals surface area contributed by atoms with E-state index in [0.29, 0.717) is 0 Å². The highest BCUT2D eigenvalue weighted by Crippen LogP contribution is 2.21. The first-order valence-corrected chi connectivity index (χ1v) is 6.82. The Bertz CT molecular complexity index is 569. The lowest BCUT2D eigenvalue weighted by Gasteiger charge is -2.19. The van der Waals surface area contributed by atoms with Gasteiger partial charge in [0.15, 0.2) is 0 Å². The van der Waals surface area contributed by atoms with Crippen molar-refractivity contribution in [1.82, 2.24) is 29.6 Å². The molecule has 2 atom stereocenters. The smallest absolute Gasteiger partial charge is 0.149 e. The van der Waals surface area contributed by atoms with Crippen LogP contribution >= 0.6 is 0 Å². The van der Waals surface area contributed by atoms with Crippen LogP contribution in [0.2, 0.25) is 0 Å². The summed E-state index contributed by atoms with van der Waals surface area (Å²) in [4.78, 5) is 4.38. The van der Waals surface area contributed by atoms with Crippen LogP contribution in [-0.2, 0) is 20.0 Å². The number of rotatable bonds is 4. The Morgan fingerprint density at radius 2 is 2.00 bits per heavy atom. The third kappa shape index (κ3) is 2.16. The first-order chi connectivity index (χ1) is 9.16. The van der Waals surface area contributed by atoms with Crippen molar-refractivity contribution >= 4 is 0 Å². The van der Waals surface area contributed by atoms with E-state index in [0.717, 1.165) is 30.4 Å². The minimum atomic E-state index is 0.172. The fourth-order valence-electron chi connectivity index (χ4n) is 2.81. The molecule has 1 N–H and O–H groups in total. The van der Waals surface area contributed by atoms with E-state index in [9.17, 15) is 0 Å². The number of nitrogens with zero attached hydrogens (tertiary/aromatic N) is 5. The second-order valence-corrected chi connectivity index (χ2v) is 5.24. The van der Waals surface area contributed by atoms with Crippen LogP contribution in [0.1, 0.15) is 49.8 Å². The summed E-state index contributed by atoms with van der Waals surface area (Å²) in [5.74, 6) is 3.19. The van der Waals surface area contributed by atoms with Crippen LogP contribution in [0.15, 0.2) is 12.4 Å². The Morgan fingerprint density at radius 1 is 1.21 bits per heavy atom. The van der Waals surface area contributed by atoms with Crippen molar-refractivity contribution in [1.29, 1.82) is 0 Å². The number of hydrogen-bond donors (Lipinski definition) is 1. The van der Waals surface area contributed by atoms with E-state index in [2.05, 4.69) is 38.9 Å². The van der Waals surface area contributed by atoms with Crippen molar-refractivity contribution in [3.05, 3.63) is 29.9 Å². The molecule has 2 aromatic heterocycles. The van der Waals surface area contributed by atoms with Gasteiger partial charge < -0.3 is 9.13 Å². The third-order valence-electron chi connectivity index (χ3n) is 3.77. The lowest BCUT2D eigenvalue weighted by molar-refractivity contribution is 0.439. The quantitative estimate of drug-likeness (QED) is 0.902. The van der Waals surface area contributed by atoms with Crippen LogP contribution in [0.5, 0.6) is 0 Å². The van der Waals surface area contributed by atoms with Crippen LogP contribution in [0, 0.1) is 0 Å². The van der Waals surface area contributed by atoms with Gasteiger partial charge in [-0.05, 0) is 20.3 Å². The summed E-state index contributed by atoms with van der Waals surface area (Å²) in [6, 6.07) is 0.357. The molecule has 0 fully saturated rings. The van der Waals surface area contributed by atoms with E-state index >= 15 is 0 Å². The van der Waals surface area contributed by atoms with Gasteiger partial charge in [0.05, 0.1) is 12.1 Å². The highest BCUT2D eigenvalue weighted by molar-refractivity contribution is 5.06. The van der Waals surface area contributed by atoms with Gasteiger partial charge in [0, 0.05) is 32.4 Å². The number of aryl methyl sites for hydroxylation is 2. The second kappa shape index (κ2) is 4.77. The predicted octanol–water partition coefficient (Wildman–Crippen LogP) is 1.37. The molecular formula is C13H20N6. The van der Waals surface area contributed by atoms with Crippen molar-refractivity contribution < 1.29 is 0 Å². The third-order valence-corrected chi connectivity index (χ3v) is 3.77. The van der Waals surface area contributed by atoms with E-state index in [-0.39, 0.29) is 12.1 Å². The Hall–Kier alpha value is -1.69. The van der Waals surface area contributed by atoms with Crippen LogP contribution in [0.4, 0.5) is 0 Å². The topological polar surface area (TPSA) is 60.6 Å². The molecule has 19 heavy (non-hydrogen) atoms. The average Bonchev–Trinajstić information content (AvgIpc) is 3.02. The van der Waals surface area contributed by atoms with Gasteiger partial charge in [0.2, 0.25) is 0 Å². The lowest BCUT2D eigenvalue weighted by atomic mass is 10.2. The number of fused-ring (bicyclic) bond motifs is 1. The molecule has 0 saturated heterocycles. The Balaban J connectivity index is 1.74. The molecule has 102 valence electrons. The van der Waals surface area contributed by atoms with E-state index in [1.807, 2.05) is 24.0 Å². The molecule has 2 aromatic rings. The zero-order valence-corrected chi connectivity index (χ0v) is 11.7. The first-order valence-electron chi connectivity index (χ1n) is 6.82. The molecule has 3 rings (SSSR count). The van der Waals surface area contributed by atoms with Gasteiger partial charge in [-0.25, -0.2) is 4.98 Å². The fourth-order valence-corrected chi connectivity index (χ4v) is 2.81. The molecular weight excluding hydrogens is 240 g/mol. The van der Waals surface area contributed by atoms with Crippen LogP contribution in [-0.4, -0.2) is 24.3 Å². The number of imidazole rings is 1. The SMILES string of the molecule is CC(NC(C)c1nnc2n1CCC2)c1nccn1C. The van der Waals surface area contributed by atoms with Crippen LogP contribution < -0.4 is 5.32 Å². The zero-order valence-electron chi connectivity index (χ0n) is 11.7. The molecule has 3 heterocycles. The number of aromatic nitrogens is 5. The molecule has 0 spiro atoms. The molecule has 6 nitrogen and oxygen atoms in total. The van der Waals surface area contributed by atoms with Crippen molar-refractivity contribution in [2.45, 2.75) is 45.3 Å². The molecule has 0 radical (unpaired) electrons. The van der Waals surface area contributed by atoms with Crippen molar-refractivity contribution in [2.24, 2.45) is 7.05 Å². The summed E-state index contributed by atoms with van der Waals surface area (Å²) in [6.45, 7) is 5.30. The molecule has 2 unspecified atom stereocenters. The zero-order chi connectivity index (χ0) is 13.4. The van der Waals surface area contributed by atoms with E-state index in [1.54, 1.807) is 0 Å². The van der Waals surface area contributed by atoms with Gasteiger partial charge in [0.25, 0.3) is 0 Å². The standard InChI is InChI=1S/C13H20N6/c1-9(12-14-6-8-18(12)3)15-10(2)13-17-16-11-5-4-7-19(11)13/h6,8-10,15H,4-5,7H2,1-3H3. The Labute approximate surface area is 112 Å². The highest BCUT2D eigenvalue weighted by Gasteiger charge is 2.23. The number of hydrogen-bond acceptors (Lipinski definition) is 4. The number of nitrogens with one attached hydrogen (secondary N) is 1. The lowest BCUT2D eigenvalue weighted by Crippen LogP contribution is -2.26. The van der Waals surface area contributed by atoms with E-state index in [4.69, 9.17) is 0 Å². The van der Waals surface area contributed by atoms with Crippen molar-refractivity contribution in [2.75, 3.05) is 0 Å². The molecule has 0 saturated carbocycles. The average molecular weight is 260 g/mol. The van der Waals surface area contributed by atoms with Gasteiger partial charge in [-0.2, -0.15) is 0 Å². The molecule has 0 amide bonds. The van der Waals surface area contributed by atoms with E-state index < -0.39 is 0 Å². The van der Waals surface area contributed by atoms with Gasteiger partial charge in [-0.1, -0.05) is 0 Å². The first kappa shape index (κ1) is 12.3. The maximum absolute atomic E-state index is 4.38. The minimum Gasteiger partial charge on any atom is -0.337 e. The molecule has 1 aliphatic heterocycles. The Kier molecular flexibility index (Phi) is 3.10. The molecule has 0 aliphatic carbocycles. The maximum Gasteiger partial charge on any atom is 0.149 e. The normalized spacial score (nSPS) is 17.4. The summed E-state index contributed by atoms with van der Waals surface area (Å²) in [5, 5.41) is 12.1. The second-order valence-electron chi connectivity index (χ2n) is 5.24. The summed E-state index contributed by atoms with van der Waals surface area (Å²) in [7, 11) is 2.01. The summed E-state index contributed by atoms with van der Waals surface area (Å²) in [5.41, 5.74) is 0. The monoisotopic (exact) mass is 260 g/mol. The van der Waals surface area contributed by atoms with Crippen molar-refractivity contribution in [3.8, 4) is 0 Å². The largest absolute Gasteiger partial charge is 0.337 e. The molecule has 0 aromatic carbocycles. The van der Waals surface area contributed by atoms with Crippen molar-refractivity contribution in [3.63, 3.8) is 0 Å². The summed E-state index contributed by atoms with van der Waals surface area (Å²) < 4.78 is 4.28. The van der Waals surface area contributed by atoms with Gasteiger partial charge >= 0.3 is 0 Å². The molecule has 6 heteroatoms. The molecule has 1 aliphatic rings. The van der Waals surface area contributed by atoms with Gasteiger partial charge in [0.1, 0.15) is 17.5 Å². The fraction of sp³-hybridized carbons (Fsp3) is 0.615. The maximum atomic E-state index is 4.38. The van der Waals surface area contributed by atoms with Gasteiger partial charge in [-0.15, -0.1) is 10.2 Å². The predicted molar refractivity (Wildman–Crippen MR) is 71.5 cm³/mol. The summed E-state index contributed by atoms with van der Waals surface area (Å²) >= 11 is 0.